The number of piperidine rings is 2. The van der Waals surface area contributed by atoms with Crippen molar-refractivity contribution in [1.82, 2.24) is 19.4 Å². The zero-order chi connectivity index (χ0) is 25.2. The first-order valence-electron chi connectivity index (χ1n) is 12.6. The van der Waals surface area contributed by atoms with Gasteiger partial charge in [-0.3, -0.25) is 9.69 Å². The minimum Gasteiger partial charge on any atom is -0.390 e. The van der Waals surface area contributed by atoms with Crippen LogP contribution in [0, 0.1) is 5.82 Å². The molecule has 36 heavy (non-hydrogen) atoms. The van der Waals surface area contributed by atoms with E-state index in [4.69, 9.17) is 0 Å². The summed E-state index contributed by atoms with van der Waals surface area (Å²) < 4.78 is 29.4. The quantitative estimate of drug-likeness (QED) is 0.574. The number of nitrogens with zero attached hydrogens (tertiary/aromatic N) is 4. The van der Waals surface area contributed by atoms with E-state index in [9.17, 15) is 18.7 Å². The Morgan fingerprint density at radius 1 is 1.06 bits per heavy atom. The highest BCUT2D eigenvalue weighted by Gasteiger charge is 2.34. The molecule has 2 aliphatic rings. The van der Waals surface area contributed by atoms with Gasteiger partial charge < -0.3 is 14.6 Å². The van der Waals surface area contributed by atoms with E-state index in [1.165, 1.54) is 12.1 Å². The fraction of sp³-hybridized carbons (Fsp3) is 0.429. The van der Waals surface area contributed by atoms with Gasteiger partial charge in [-0.2, -0.15) is 0 Å². The number of imidazole rings is 1. The minimum atomic E-state index is -1.20. The lowest BCUT2D eigenvalue weighted by atomic mass is 9.95. The van der Waals surface area contributed by atoms with E-state index in [1.54, 1.807) is 24.7 Å². The van der Waals surface area contributed by atoms with Crippen LogP contribution in [0.1, 0.15) is 48.3 Å². The van der Waals surface area contributed by atoms with Crippen molar-refractivity contribution in [3.8, 4) is 11.1 Å². The van der Waals surface area contributed by atoms with E-state index in [0.29, 0.717) is 31.7 Å². The molecular formula is C28H32F2N4O2. The maximum absolute atomic E-state index is 14.0. The number of rotatable bonds is 5. The lowest BCUT2D eigenvalue weighted by molar-refractivity contribution is -0.0176. The molecule has 1 aromatic heterocycles. The topological polar surface area (TPSA) is 61.6 Å². The van der Waals surface area contributed by atoms with Crippen LogP contribution in [-0.4, -0.2) is 74.9 Å². The van der Waals surface area contributed by atoms with E-state index < -0.39 is 12.3 Å². The Morgan fingerprint density at radius 2 is 1.78 bits per heavy atom. The predicted octanol–water partition coefficient (Wildman–Crippen LogP) is 4.31. The van der Waals surface area contributed by atoms with Crippen molar-refractivity contribution in [3.05, 3.63) is 78.1 Å². The third kappa shape index (κ3) is 4.92. The van der Waals surface area contributed by atoms with Crippen LogP contribution in [0.2, 0.25) is 0 Å². The van der Waals surface area contributed by atoms with Gasteiger partial charge in [0, 0.05) is 32.2 Å². The molecule has 0 saturated carbocycles. The lowest BCUT2D eigenvalue weighted by Gasteiger charge is -2.42. The van der Waals surface area contributed by atoms with Crippen LogP contribution in [-0.2, 0) is 0 Å². The van der Waals surface area contributed by atoms with Crippen molar-refractivity contribution in [2.45, 2.75) is 50.5 Å². The predicted molar refractivity (Wildman–Crippen MR) is 134 cm³/mol. The van der Waals surface area contributed by atoms with Crippen LogP contribution in [0.4, 0.5) is 8.78 Å². The largest absolute Gasteiger partial charge is 0.390 e. The number of aliphatic hydroxyl groups is 1. The molecule has 5 rings (SSSR count). The average molecular weight is 495 g/mol. The monoisotopic (exact) mass is 494 g/mol. The third-order valence-corrected chi connectivity index (χ3v) is 7.68. The normalized spacial score (nSPS) is 22.5. The molecular weight excluding hydrogens is 462 g/mol. The number of carbonyl (C=O) groups is 1. The average Bonchev–Trinajstić information content (AvgIpc) is 3.40. The molecule has 6 nitrogen and oxygen atoms in total. The Bertz CT molecular complexity index is 1190. The zero-order valence-corrected chi connectivity index (χ0v) is 20.4. The van der Waals surface area contributed by atoms with E-state index in [0.717, 1.165) is 29.5 Å². The zero-order valence-electron chi connectivity index (χ0n) is 20.4. The van der Waals surface area contributed by atoms with Crippen molar-refractivity contribution in [2.24, 2.45) is 0 Å². The fourth-order valence-corrected chi connectivity index (χ4v) is 5.53. The smallest absolute Gasteiger partial charge is 0.272 e. The molecule has 3 atom stereocenters. The number of aromatic nitrogens is 2. The number of hydrogen-bond acceptors (Lipinski definition) is 4. The van der Waals surface area contributed by atoms with Crippen molar-refractivity contribution in [2.75, 3.05) is 26.2 Å². The molecule has 0 bridgehead atoms. The summed E-state index contributed by atoms with van der Waals surface area (Å²) >= 11 is 0. The van der Waals surface area contributed by atoms with Crippen molar-refractivity contribution < 1.29 is 18.7 Å². The molecule has 0 aliphatic carbocycles. The molecule has 2 aliphatic heterocycles. The Kier molecular flexibility index (Phi) is 7.16. The van der Waals surface area contributed by atoms with Gasteiger partial charge in [-0.15, -0.1) is 0 Å². The van der Waals surface area contributed by atoms with Crippen molar-refractivity contribution in [1.29, 1.82) is 0 Å². The summed E-state index contributed by atoms with van der Waals surface area (Å²) in [6.45, 7) is 4.19. The van der Waals surface area contributed by atoms with Crippen LogP contribution >= 0.6 is 0 Å². The summed E-state index contributed by atoms with van der Waals surface area (Å²) in [6.07, 6.45) is 3.26. The van der Waals surface area contributed by atoms with E-state index >= 15 is 0 Å². The summed E-state index contributed by atoms with van der Waals surface area (Å²) in [6, 6.07) is 14.4. The molecule has 0 unspecified atom stereocenters. The highest BCUT2D eigenvalue weighted by atomic mass is 19.1. The Hall–Kier alpha value is -3.10. The van der Waals surface area contributed by atoms with Gasteiger partial charge in [0.1, 0.15) is 17.7 Å². The van der Waals surface area contributed by atoms with Crippen molar-refractivity contribution >= 4 is 5.91 Å². The molecule has 2 saturated heterocycles. The summed E-state index contributed by atoms with van der Waals surface area (Å²) in [7, 11) is 0. The minimum absolute atomic E-state index is 0.0607. The third-order valence-electron chi connectivity index (χ3n) is 7.68. The van der Waals surface area contributed by atoms with Gasteiger partial charge in [-0.1, -0.05) is 36.4 Å². The van der Waals surface area contributed by atoms with Gasteiger partial charge in [-0.25, -0.2) is 13.8 Å². The molecule has 190 valence electrons. The van der Waals surface area contributed by atoms with Gasteiger partial charge in [0.05, 0.1) is 24.7 Å². The summed E-state index contributed by atoms with van der Waals surface area (Å²) in [5.41, 5.74) is 3.44. The Morgan fingerprint density at radius 3 is 2.50 bits per heavy atom. The van der Waals surface area contributed by atoms with Crippen LogP contribution in [0.5, 0.6) is 0 Å². The van der Waals surface area contributed by atoms with Gasteiger partial charge >= 0.3 is 0 Å². The number of hydrogen-bond donors (Lipinski definition) is 1. The Labute approximate surface area is 210 Å². The number of amides is 1. The molecule has 1 amide bonds. The second-order valence-electron chi connectivity index (χ2n) is 9.85. The number of aliphatic hydroxyl groups excluding tert-OH is 1. The summed E-state index contributed by atoms with van der Waals surface area (Å²) in [5, 5.41) is 9.68. The van der Waals surface area contributed by atoms with E-state index in [1.807, 2.05) is 40.7 Å². The number of halogens is 2. The van der Waals surface area contributed by atoms with Gasteiger partial charge in [0.15, 0.2) is 0 Å². The first-order chi connectivity index (χ1) is 17.4. The highest BCUT2D eigenvalue weighted by Crippen LogP contribution is 2.31. The first kappa shape index (κ1) is 24.6. The first-order valence-corrected chi connectivity index (χ1v) is 12.6. The summed E-state index contributed by atoms with van der Waals surface area (Å²) in [4.78, 5) is 21.8. The number of likely N-dealkylation sites (tertiary alicyclic amines) is 2. The number of carbonyl (C=O) groups excluding carboxylic acids is 1. The van der Waals surface area contributed by atoms with Crippen LogP contribution < -0.4 is 0 Å². The van der Waals surface area contributed by atoms with Gasteiger partial charge in [0.25, 0.3) is 5.91 Å². The standard InChI is InChI=1S/C28H32F2N4O2/c1-19(23-4-2-3-5-24(23)20-6-8-21(29)9-7-20)34-18-31-16-26(34)28(36)32-13-10-22(11-14-32)33-15-12-27(35)25(30)17-33/h2-9,16,18-19,22,25,27,35H,10-15,17H2,1H3/t19-,25+,27+/m0/s1. The van der Waals surface area contributed by atoms with Crippen LogP contribution in [0.3, 0.4) is 0 Å². The molecule has 2 fully saturated rings. The van der Waals surface area contributed by atoms with Gasteiger partial charge in [-0.05, 0) is 55.0 Å². The lowest BCUT2D eigenvalue weighted by Crippen LogP contribution is -2.53. The molecule has 3 heterocycles. The molecule has 3 aromatic rings. The molecule has 8 heteroatoms. The van der Waals surface area contributed by atoms with E-state index in [2.05, 4.69) is 9.88 Å². The molecule has 0 spiro atoms. The summed E-state index contributed by atoms with van der Waals surface area (Å²) in [5.74, 6) is -0.340. The second kappa shape index (κ2) is 10.5. The maximum Gasteiger partial charge on any atom is 0.272 e. The second-order valence-corrected chi connectivity index (χ2v) is 9.85. The van der Waals surface area contributed by atoms with Crippen LogP contribution in [0.25, 0.3) is 11.1 Å². The van der Waals surface area contributed by atoms with Crippen LogP contribution in [0.15, 0.2) is 61.1 Å². The van der Waals surface area contributed by atoms with Gasteiger partial charge in [0.2, 0.25) is 0 Å². The molecule has 2 aromatic carbocycles. The van der Waals surface area contributed by atoms with E-state index in [-0.39, 0.29) is 30.4 Å². The Balaban J connectivity index is 1.30. The SMILES string of the molecule is C[C@@H](c1ccccc1-c1ccc(F)cc1)n1cncc1C(=O)N1CCC(N2CC[C@@H](O)[C@H](F)C2)CC1. The highest BCUT2D eigenvalue weighted by molar-refractivity contribution is 5.92. The van der Waals surface area contributed by atoms with Crippen molar-refractivity contribution in [3.63, 3.8) is 0 Å². The number of benzene rings is 2. The number of alkyl halides is 1. The fourth-order valence-electron chi connectivity index (χ4n) is 5.53. The molecule has 1 N–H and O–H groups in total. The maximum atomic E-state index is 14.0. The molecule has 0 radical (unpaired) electrons.